The number of morpholine rings is 1. The van der Waals surface area contributed by atoms with Crippen LogP contribution in [0.2, 0.25) is 0 Å². The molecule has 2 aliphatic heterocycles. The Morgan fingerprint density at radius 2 is 1.85 bits per heavy atom. The quantitative estimate of drug-likeness (QED) is 0.788. The molecule has 0 radical (unpaired) electrons. The average molecular weight is 378 g/mol. The Bertz CT molecular complexity index is 602. The third kappa shape index (κ3) is 5.74. The summed E-state index contributed by atoms with van der Waals surface area (Å²) in [6.07, 6.45) is 1.04. The van der Waals surface area contributed by atoms with Crippen LogP contribution >= 0.6 is 0 Å². The van der Waals surface area contributed by atoms with E-state index in [1.165, 1.54) is 12.1 Å². The van der Waals surface area contributed by atoms with Gasteiger partial charge in [0.2, 0.25) is 5.91 Å². The van der Waals surface area contributed by atoms with E-state index in [0.717, 1.165) is 38.2 Å². The van der Waals surface area contributed by atoms with Gasteiger partial charge in [0, 0.05) is 38.8 Å². The van der Waals surface area contributed by atoms with Gasteiger partial charge >= 0.3 is 0 Å². The summed E-state index contributed by atoms with van der Waals surface area (Å²) in [5, 5.41) is 0. The van der Waals surface area contributed by atoms with E-state index in [1.807, 2.05) is 17.0 Å². The molecular weight excluding hydrogens is 345 g/mol. The maximum absolute atomic E-state index is 13.2. The summed E-state index contributed by atoms with van der Waals surface area (Å²) in [6, 6.07) is 7.19. The van der Waals surface area contributed by atoms with Crippen molar-refractivity contribution < 1.29 is 13.9 Å². The largest absolute Gasteiger partial charge is 0.378 e. The number of nitrogens with zero attached hydrogens (tertiary/aromatic N) is 3. The van der Waals surface area contributed by atoms with Gasteiger partial charge in [0.1, 0.15) is 5.82 Å². The first-order valence-electron chi connectivity index (χ1n) is 10.1. The molecule has 2 saturated heterocycles. The predicted molar refractivity (Wildman–Crippen MR) is 104 cm³/mol. The first-order valence-corrected chi connectivity index (χ1v) is 10.1. The number of hydrogen-bond donors (Lipinski definition) is 0. The highest BCUT2D eigenvalue weighted by Gasteiger charge is 2.29. The molecule has 6 heteroatoms. The second kappa shape index (κ2) is 9.62. The van der Waals surface area contributed by atoms with Crippen LogP contribution in [0.4, 0.5) is 4.39 Å². The van der Waals surface area contributed by atoms with Crippen LogP contribution in [0.25, 0.3) is 0 Å². The zero-order chi connectivity index (χ0) is 19.2. The topological polar surface area (TPSA) is 36.0 Å². The predicted octanol–water partition coefficient (Wildman–Crippen LogP) is 2.22. The van der Waals surface area contributed by atoms with Gasteiger partial charge in [-0.2, -0.15) is 0 Å². The molecule has 1 aromatic rings. The van der Waals surface area contributed by atoms with Gasteiger partial charge in [-0.3, -0.25) is 14.6 Å². The van der Waals surface area contributed by atoms with Crippen LogP contribution in [0.15, 0.2) is 24.3 Å². The van der Waals surface area contributed by atoms with Crippen molar-refractivity contribution in [2.24, 2.45) is 5.92 Å². The van der Waals surface area contributed by atoms with E-state index < -0.39 is 0 Å². The Morgan fingerprint density at radius 1 is 1.15 bits per heavy atom. The van der Waals surface area contributed by atoms with E-state index in [-0.39, 0.29) is 11.7 Å². The number of carbonyl (C=O) groups is 1. The smallest absolute Gasteiger partial charge is 0.236 e. The number of hydrogen-bond acceptors (Lipinski definition) is 4. The van der Waals surface area contributed by atoms with Crippen LogP contribution < -0.4 is 0 Å². The summed E-state index contributed by atoms with van der Waals surface area (Å²) >= 11 is 0. The van der Waals surface area contributed by atoms with E-state index in [1.54, 1.807) is 0 Å². The van der Waals surface area contributed by atoms with Gasteiger partial charge in [-0.1, -0.05) is 26.0 Å². The molecule has 0 unspecified atom stereocenters. The Hall–Kier alpha value is -1.50. The van der Waals surface area contributed by atoms with Crippen LogP contribution in [0, 0.1) is 11.7 Å². The molecule has 1 amide bonds. The summed E-state index contributed by atoms with van der Waals surface area (Å²) in [5.41, 5.74) is 1.14. The second-order valence-electron chi connectivity index (χ2n) is 7.99. The summed E-state index contributed by atoms with van der Waals surface area (Å²) in [4.78, 5) is 19.4. The van der Waals surface area contributed by atoms with Crippen molar-refractivity contribution >= 4 is 5.91 Å². The molecule has 3 rings (SSSR count). The maximum Gasteiger partial charge on any atom is 0.236 e. The minimum absolute atomic E-state index is 0.192. The van der Waals surface area contributed by atoms with Gasteiger partial charge in [-0.05, 0) is 36.6 Å². The van der Waals surface area contributed by atoms with Crippen molar-refractivity contribution in [3.8, 4) is 0 Å². The lowest BCUT2D eigenvalue weighted by atomic mass is 10.0. The molecule has 0 bridgehead atoms. The summed E-state index contributed by atoms with van der Waals surface area (Å²) in [5.74, 6) is 0.514. The fourth-order valence-electron chi connectivity index (χ4n) is 4.04. The number of carbonyl (C=O) groups excluding carboxylic acids is 1. The molecule has 0 aromatic heterocycles. The number of rotatable bonds is 5. The van der Waals surface area contributed by atoms with E-state index in [9.17, 15) is 9.18 Å². The number of ether oxygens (including phenoxy) is 1. The van der Waals surface area contributed by atoms with Gasteiger partial charge in [0.15, 0.2) is 0 Å². The average Bonchev–Trinajstić information content (AvgIpc) is 2.86. The number of benzene rings is 1. The van der Waals surface area contributed by atoms with E-state index in [2.05, 4.69) is 23.6 Å². The highest BCUT2D eigenvalue weighted by atomic mass is 19.1. The van der Waals surface area contributed by atoms with Crippen LogP contribution in [0.3, 0.4) is 0 Å². The van der Waals surface area contributed by atoms with Crippen molar-refractivity contribution in [2.45, 2.75) is 32.9 Å². The lowest BCUT2D eigenvalue weighted by Gasteiger charge is -2.35. The molecule has 1 aromatic carbocycles. The molecule has 0 N–H and O–H groups in total. The number of amides is 1. The van der Waals surface area contributed by atoms with Crippen LogP contribution in [0.5, 0.6) is 0 Å². The summed E-state index contributed by atoms with van der Waals surface area (Å²) in [6.45, 7) is 11.4. The van der Waals surface area contributed by atoms with Gasteiger partial charge in [0.25, 0.3) is 0 Å². The Balaban J connectivity index is 1.61. The van der Waals surface area contributed by atoms with Crippen molar-refractivity contribution in [3.05, 3.63) is 35.6 Å². The maximum atomic E-state index is 13.2. The van der Waals surface area contributed by atoms with Crippen LogP contribution in [-0.2, 0) is 16.1 Å². The SMILES string of the molecule is CC(C)[C@@H]1CN(CC(=O)N2CCOCC2)CCCN1Cc1ccc(F)cc1. The normalized spacial score (nSPS) is 22.8. The zero-order valence-electron chi connectivity index (χ0n) is 16.6. The molecule has 1 atom stereocenters. The first kappa shape index (κ1) is 20.2. The summed E-state index contributed by atoms with van der Waals surface area (Å²) in [7, 11) is 0. The van der Waals surface area contributed by atoms with E-state index in [0.29, 0.717) is 44.8 Å². The molecule has 2 heterocycles. The fourth-order valence-corrected chi connectivity index (χ4v) is 4.04. The van der Waals surface area contributed by atoms with Gasteiger partial charge in [0.05, 0.1) is 19.8 Å². The van der Waals surface area contributed by atoms with Crippen molar-refractivity contribution in [2.75, 3.05) is 52.5 Å². The standard InChI is InChI=1S/C21H32FN3O2/c1-17(2)20-15-23(16-21(26)24-10-12-27-13-11-24)8-3-9-25(20)14-18-4-6-19(22)7-5-18/h4-7,17,20H,3,8-16H2,1-2H3/t20-/m0/s1. The second-order valence-corrected chi connectivity index (χ2v) is 7.99. The van der Waals surface area contributed by atoms with Crippen LogP contribution in [0.1, 0.15) is 25.8 Å². The molecule has 2 aliphatic rings. The molecule has 0 saturated carbocycles. The highest BCUT2D eigenvalue weighted by Crippen LogP contribution is 2.20. The number of halogens is 1. The van der Waals surface area contributed by atoms with Gasteiger partial charge < -0.3 is 9.64 Å². The lowest BCUT2D eigenvalue weighted by molar-refractivity contribution is -0.136. The van der Waals surface area contributed by atoms with E-state index in [4.69, 9.17) is 4.74 Å². The highest BCUT2D eigenvalue weighted by molar-refractivity contribution is 5.78. The minimum Gasteiger partial charge on any atom is -0.378 e. The van der Waals surface area contributed by atoms with Crippen molar-refractivity contribution in [1.29, 1.82) is 0 Å². The Kier molecular flexibility index (Phi) is 7.21. The van der Waals surface area contributed by atoms with Crippen molar-refractivity contribution in [1.82, 2.24) is 14.7 Å². The fraction of sp³-hybridized carbons (Fsp3) is 0.667. The molecule has 2 fully saturated rings. The van der Waals surface area contributed by atoms with E-state index >= 15 is 0 Å². The van der Waals surface area contributed by atoms with Crippen molar-refractivity contribution in [3.63, 3.8) is 0 Å². The Morgan fingerprint density at radius 3 is 2.52 bits per heavy atom. The third-order valence-electron chi connectivity index (χ3n) is 5.63. The molecule has 150 valence electrons. The molecular formula is C21H32FN3O2. The first-order chi connectivity index (χ1) is 13.0. The summed E-state index contributed by atoms with van der Waals surface area (Å²) < 4.78 is 18.5. The van der Waals surface area contributed by atoms with Gasteiger partial charge in [-0.15, -0.1) is 0 Å². The van der Waals surface area contributed by atoms with Crippen LogP contribution in [-0.4, -0.2) is 79.1 Å². The lowest BCUT2D eigenvalue weighted by Crippen LogP contribution is -2.49. The monoisotopic (exact) mass is 377 g/mol. The third-order valence-corrected chi connectivity index (χ3v) is 5.63. The zero-order valence-corrected chi connectivity index (χ0v) is 16.6. The Labute approximate surface area is 162 Å². The minimum atomic E-state index is -0.192. The molecule has 0 spiro atoms. The molecule has 5 nitrogen and oxygen atoms in total. The molecule has 27 heavy (non-hydrogen) atoms. The van der Waals surface area contributed by atoms with Gasteiger partial charge in [-0.25, -0.2) is 4.39 Å². The molecule has 0 aliphatic carbocycles.